The van der Waals surface area contributed by atoms with Gasteiger partial charge in [0.25, 0.3) is 5.91 Å². The number of anilines is 1. The molecule has 0 bridgehead atoms. The van der Waals surface area contributed by atoms with E-state index in [1.54, 1.807) is 30.3 Å². The van der Waals surface area contributed by atoms with Gasteiger partial charge < -0.3 is 5.32 Å². The number of nitrogens with one attached hydrogen (secondary N) is 2. The van der Waals surface area contributed by atoms with Crippen LogP contribution in [0.15, 0.2) is 60.7 Å². The maximum atomic E-state index is 14.0. The van der Waals surface area contributed by atoms with Crippen molar-refractivity contribution in [2.24, 2.45) is 0 Å². The summed E-state index contributed by atoms with van der Waals surface area (Å²) in [5.74, 6) is -1.38. The van der Waals surface area contributed by atoms with Gasteiger partial charge in [-0.1, -0.05) is 41.9 Å². The van der Waals surface area contributed by atoms with Crippen LogP contribution in [-0.4, -0.2) is 31.5 Å². The second-order valence-electron chi connectivity index (χ2n) is 6.34. The second-order valence-corrected chi connectivity index (χ2v) is 6.78. The summed E-state index contributed by atoms with van der Waals surface area (Å²) in [4.78, 5) is 17.0. The third kappa shape index (κ3) is 4.38. The molecule has 156 valence electrons. The summed E-state index contributed by atoms with van der Waals surface area (Å²) in [5, 5.41) is 15.6. The number of nitrogens with zero attached hydrogens (tertiary/aromatic N) is 4. The van der Waals surface area contributed by atoms with Gasteiger partial charge in [-0.15, -0.1) is 10.2 Å². The predicted octanol–water partition coefficient (Wildman–Crippen LogP) is 4.85. The molecule has 0 fully saturated rings. The number of aromatic amines is 1. The number of carbonyl (C=O) groups is 1. The zero-order chi connectivity index (χ0) is 22.0. The van der Waals surface area contributed by atoms with Crippen LogP contribution < -0.4 is 5.32 Å². The van der Waals surface area contributed by atoms with Gasteiger partial charge in [0.2, 0.25) is 5.82 Å². The molecule has 4 rings (SSSR count). The van der Waals surface area contributed by atoms with Crippen LogP contribution in [0.1, 0.15) is 15.9 Å². The molecule has 2 heterocycles. The average Bonchev–Trinajstić information content (AvgIpc) is 3.28. The SMILES string of the molecule is O=C(Nc1nc(-c2ccccc2)cc(C(F)(F)F)c1-c1nn[nH]n1)c1ccc(Cl)cc1. The first kappa shape index (κ1) is 20.5. The molecule has 0 aliphatic rings. The lowest BCUT2D eigenvalue weighted by atomic mass is 10.0. The lowest BCUT2D eigenvalue weighted by Gasteiger charge is -2.17. The van der Waals surface area contributed by atoms with E-state index in [1.165, 1.54) is 24.3 Å². The molecular formula is C20H12ClF3N6O. The summed E-state index contributed by atoms with van der Waals surface area (Å²) in [6.45, 7) is 0. The highest BCUT2D eigenvalue weighted by Crippen LogP contribution is 2.41. The standard InChI is InChI=1S/C20H12ClF3N6O/c21-13-8-6-12(7-9-13)19(31)26-17-16(18-27-29-30-28-18)14(20(22,23)24)10-15(25-17)11-4-2-1-3-5-11/h1-10H,(H,25,26,31)(H,27,28,29,30). The minimum Gasteiger partial charge on any atom is -0.306 e. The van der Waals surface area contributed by atoms with Crippen LogP contribution in [0, 0.1) is 0 Å². The van der Waals surface area contributed by atoms with E-state index in [9.17, 15) is 18.0 Å². The van der Waals surface area contributed by atoms with Crippen LogP contribution in [-0.2, 0) is 6.18 Å². The first-order valence-corrected chi connectivity index (χ1v) is 9.19. The van der Waals surface area contributed by atoms with Gasteiger partial charge in [-0.3, -0.25) is 4.79 Å². The average molecular weight is 445 g/mol. The van der Waals surface area contributed by atoms with Crippen molar-refractivity contribution in [1.82, 2.24) is 25.6 Å². The van der Waals surface area contributed by atoms with E-state index < -0.39 is 23.2 Å². The molecule has 7 nitrogen and oxygen atoms in total. The molecular weight excluding hydrogens is 433 g/mol. The van der Waals surface area contributed by atoms with Crippen molar-refractivity contribution in [2.45, 2.75) is 6.18 Å². The van der Waals surface area contributed by atoms with Crippen LogP contribution in [0.2, 0.25) is 5.02 Å². The molecule has 1 amide bonds. The van der Waals surface area contributed by atoms with E-state index in [0.717, 1.165) is 6.07 Å². The number of H-pyrrole nitrogens is 1. The Morgan fingerprint density at radius 3 is 2.35 bits per heavy atom. The number of aromatic nitrogens is 5. The number of pyridine rings is 1. The minimum atomic E-state index is -4.78. The molecule has 0 radical (unpaired) electrons. The van der Waals surface area contributed by atoms with Gasteiger partial charge in [0, 0.05) is 16.1 Å². The van der Waals surface area contributed by atoms with Gasteiger partial charge in [0.05, 0.1) is 16.8 Å². The van der Waals surface area contributed by atoms with E-state index in [0.29, 0.717) is 10.6 Å². The maximum Gasteiger partial charge on any atom is 0.417 e. The van der Waals surface area contributed by atoms with E-state index in [4.69, 9.17) is 11.6 Å². The van der Waals surface area contributed by atoms with E-state index in [-0.39, 0.29) is 22.9 Å². The quantitative estimate of drug-likeness (QED) is 0.469. The normalized spacial score (nSPS) is 11.4. The monoisotopic (exact) mass is 444 g/mol. The molecule has 2 N–H and O–H groups in total. The fourth-order valence-corrected chi connectivity index (χ4v) is 3.02. The lowest BCUT2D eigenvalue weighted by molar-refractivity contribution is -0.137. The Morgan fingerprint density at radius 1 is 1.03 bits per heavy atom. The summed E-state index contributed by atoms with van der Waals surface area (Å²) in [7, 11) is 0. The summed E-state index contributed by atoms with van der Waals surface area (Å²) < 4.78 is 41.9. The van der Waals surface area contributed by atoms with Crippen LogP contribution in [0.25, 0.3) is 22.6 Å². The Kier molecular flexibility index (Phi) is 5.38. The molecule has 2 aromatic heterocycles. The Balaban J connectivity index is 1.90. The van der Waals surface area contributed by atoms with Crippen LogP contribution in [0.4, 0.5) is 19.0 Å². The number of amides is 1. The largest absolute Gasteiger partial charge is 0.417 e. The first-order valence-electron chi connectivity index (χ1n) is 8.81. The highest BCUT2D eigenvalue weighted by molar-refractivity contribution is 6.30. The predicted molar refractivity (Wildman–Crippen MR) is 107 cm³/mol. The molecule has 31 heavy (non-hydrogen) atoms. The van der Waals surface area contributed by atoms with Gasteiger partial charge >= 0.3 is 6.18 Å². The number of hydrogen-bond acceptors (Lipinski definition) is 5. The van der Waals surface area contributed by atoms with Crippen LogP contribution in [0.5, 0.6) is 0 Å². The lowest BCUT2D eigenvalue weighted by Crippen LogP contribution is -2.17. The van der Waals surface area contributed by atoms with Gasteiger partial charge in [0.1, 0.15) is 5.82 Å². The summed E-state index contributed by atoms with van der Waals surface area (Å²) in [6, 6.07) is 15.0. The number of carbonyl (C=O) groups excluding carboxylic acids is 1. The molecule has 0 saturated heterocycles. The molecule has 2 aromatic carbocycles. The van der Waals surface area contributed by atoms with Gasteiger partial charge in [0.15, 0.2) is 0 Å². The third-order valence-electron chi connectivity index (χ3n) is 4.30. The summed E-state index contributed by atoms with van der Waals surface area (Å²) in [5.41, 5.74) is -0.914. The Labute approximate surface area is 178 Å². The summed E-state index contributed by atoms with van der Waals surface area (Å²) in [6.07, 6.45) is -4.78. The van der Waals surface area contributed by atoms with Crippen molar-refractivity contribution in [2.75, 3.05) is 5.32 Å². The molecule has 0 aliphatic carbocycles. The summed E-state index contributed by atoms with van der Waals surface area (Å²) >= 11 is 5.83. The molecule has 0 unspecified atom stereocenters. The molecule has 0 saturated carbocycles. The number of rotatable bonds is 4. The van der Waals surface area contributed by atoms with E-state index in [1.807, 2.05) is 0 Å². The van der Waals surface area contributed by atoms with Gasteiger partial charge in [-0.25, -0.2) is 4.98 Å². The Hall–Kier alpha value is -3.79. The highest BCUT2D eigenvalue weighted by Gasteiger charge is 2.38. The fourth-order valence-electron chi connectivity index (χ4n) is 2.89. The van der Waals surface area contributed by atoms with Crippen molar-refractivity contribution in [3.8, 4) is 22.6 Å². The van der Waals surface area contributed by atoms with E-state index in [2.05, 4.69) is 30.9 Å². The number of benzene rings is 2. The van der Waals surface area contributed by atoms with Gasteiger partial charge in [-0.05, 0) is 35.5 Å². The molecule has 0 aliphatic heterocycles. The van der Waals surface area contributed by atoms with Gasteiger partial charge in [-0.2, -0.15) is 18.4 Å². The van der Waals surface area contributed by atoms with Crippen molar-refractivity contribution in [3.63, 3.8) is 0 Å². The number of tetrazole rings is 1. The molecule has 0 atom stereocenters. The second kappa shape index (κ2) is 8.15. The Morgan fingerprint density at radius 2 is 1.74 bits per heavy atom. The number of hydrogen-bond donors (Lipinski definition) is 2. The third-order valence-corrected chi connectivity index (χ3v) is 4.55. The fraction of sp³-hybridized carbons (Fsp3) is 0.0500. The highest BCUT2D eigenvalue weighted by atomic mass is 35.5. The Bertz CT molecular complexity index is 1210. The smallest absolute Gasteiger partial charge is 0.306 e. The zero-order valence-electron chi connectivity index (χ0n) is 15.5. The van der Waals surface area contributed by atoms with Crippen molar-refractivity contribution in [1.29, 1.82) is 0 Å². The first-order chi connectivity index (χ1) is 14.8. The van der Waals surface area contributed by atoms with Crippen molar-refractivity contribution >= 4 is 23.3 Å². The molecule has 0 spiro atoms. The van der Waals surface area contributed by atoms with Crippen molar-refractivity contribution in [3.05, 3.63) is 76.8 Å². The topological polar surface area (TPSA) is 96.5 Å². The zero-order valence-corrected chi connectivity index (χ0v) is 16.2. The minimum absolute atomic E-state index is 0.0200. The van der Waals surface area contributed by atoms with E-state index >= 15 is 0 Å². The molecule has 4 aromatic rings. The number of alkyl halides is 3. The number of halogens is 4. The maximum absolute atomic E-state index is 14.0. The van der Waals surface area contributed by atoms with Crippen LogP contribution >= 0.6 is 11.6 Å². The molecule has 11 heteroatoms. The van der Waals surface area contributed by atoms with Crippen molar-refractivity contribution < 1.29 is 18.0 Å². The van der Waals surface area contributed by atoms with Crippen LogP contribution in [0.3, 0.4) is 0 Å².